The van der Waals surface area contributed by atoms with Gasteiger partial charge in [-0.25, -0.2) is 9.37 Å². The molecule has 0 aliphatic heterocycles. The Kier molecular flexibility index (Phi) is 8.76. The van der Waals surface area contributed by atoms with Crippen LogP contribution in [0.3, 0.4) is 0 Å². The van der Waals surface area contributed by atoms with Crippen LogP contribution in [0.15, 0.2) is 60.2 Å². The lowest BCUT2D eigenvalue weighted by Crippen LogP contribution is -1.88. The van der Waals surface area contributed by atoms with Gasteiger partial charge in [0.25, 0.3) is 0 Å². The summed E-state index contributed by atoms with van der Waals surface area (Å²) in [7, 11) is 0.500. The van der Waals surface area contributed by atoms with Gasteiger partial charge in [0.05, 0.1) is 7.18 Å². The standard InChI is InChI=1S/C16H11FN4O.C2H4.CH3F/c17-9-15-20-21-16(22-15)13-6-3-11(4-7-13)1-2-12-5-8-14(18)19-10-12;2*1-2/h3-8,10H,9H2,(H2,18,19);1-2H2;1H3. The molecule has 0 aliphatic carbocycles. The summed E-state index contributed by atoms with van der Waals surface area (Å²) >= 11 is 0. The van der Waals surface area contributed by atoms with Crippen LogP contribution in [0, 0.1) is 11.8 Å². The maximum atomic E-state index is 12.4. The minimum atomic E-state index is -0.772. The van der Waals surface area contributed by atoms with Gasteiger partial charge in [-0.3, -0.25) is 4.39 Å². The molecule has 0 radical (unpaired) electrons. The highest BCUT2D eigenvalue weighted by Crippen LogP contribution is 2.18. The molecule has 0 amide bonds. The van der Waals surface area contributed by atoms with E-state index in [1.54, 1.807) is 30.5 Å². The molecule has 2 heterocycles. The van der Waals surface area contributed by atoms with Crippen molar-refractivity contribution in [2.75, 3.05) is 12.9 Å². The van der Waals surface area contributed by atoms with Gasteiger partial charge in [-0.05, 0) is 36.4 Å². The monoisotopic (exact) mass is 356 g/mol. The molecule has 0 aliphatic rings. The normalized spacial score (nSPS) is 8.88. The summed E-state index contributed by atoms with van der Waals surface area (Å²) in [6.07, 6.45) is 1.62. The van der Waals surface area contributed by atoms with E-state index in [1.165, 1.54) is 0 Å². The first-order valence-electron chi connectivity index (χ1n) is 7.35. The first-order chi connectivity index (χ1) is 12.7. The molecule has 0 bridgehead atoms. The van der Waals surface area contributed by atoms with Crippen molar-refractivity contribution >= 4 is 5.82 Å². The van der Waals surface area contributed by atoms with E-state index in [-0.39, 0.29) is 11.8 Å². The summed E-state index contributed by atoms with van der Waals surface area (Å²) in [5.74, 6) is 6.72. The highest BCUT2D eigenvalue weighted by atomic mass is 19.1. The molecule has 2 N–H and O–H groups in total. The van der Waals surface area contributed by atoms with E-state index in [0.29, 0.717) is 18.6 Å². The molecule has 26 heavy (non-hydrogen) atoms. The molecule has 0 saturated carbocycles. The maximum Gasteiger partial charge on any atom is 0.247 e. The van der Waals surface area contributed by atoms with Crippen LogP contribution < -0.4 is 5.73 Å². The number of benzene rings is 1. The van der Waals surface area contributed by atoms with E-state index >= 15 is 0 Å². The summed E-state index contributed by atoms with van der Waals surface area (Å²) in [4.78, 5) is 3.97. The molecule has 3 aromatic rings. The van der Waals surface area contributed by atoms with Crippen LogP contribution in [0.4, 0.5) is 14.6 Å². The molecule has 7 heteroatoms. The number of nitrogen functional groups attached to an aromatic ring is 1. The number of alkyl halides is 2. The van der Waals surface area contributed by atoms with Gasteiger partial charge in [0.2, 0.25) is 11.8 Å². The number of aromatic nitrogens is 3. The molecule has 1 aromatic carbocycles. The van der Waals surface area contributed by atoms with E-state index in [4.69, 9.17) is 10.2 Å². The minimum Gasteiger partial charge on any atom is -0.418 e. The van der Waals surface area contributed by atoms with Crippen LogP contribution >= 0.6 is 0 Å². The molecule has 0 spiro atoms. The van der Waals surface area contributed by atoms with Gasteiger partial charge in [-0.1, -0.05) is 11.8 Å². The molecule has 3 rings (SSSR count). The lowest BCUT2D eigenvalue weighted by Gasteiger charge is -1.95. The fourth-order valence-electron chi connectivity index (χ4n) is 1.74. The number of nitrogens with zero attached hydrogens (tertiary/aromatic N) is 3. The van der Waals surface area contributed by atoms with Crippen LogP contribution in [-0.2, 0) is 6.67 Å². The number of hydrogen-bond acceptors (Lipinski definition) is 5. The van der Waals surface area contributed by atoms with Crippen LogP contribution in [0.5, 0.6) is 0 Å². The summed E-state index contributed by atoms with van der Waals surface area (Å²) in [5, 5.41) is 7.36. The van der Waals surface area contributed by atoms with Crippen molar-refractivity contribution in [1.82, 2.24) is 15.2 Å². The molecule has 134 valence electrons. The van der Waals surface area contributed by atoms with Gasteiger partial charge in [0, 0.05) is 22.9 Å². The third-order valence-corrected chi connectivity index (χ3v) is 2.85. The summed E-state index contributed by atoms with van der Waals surface area (Å²) < 4.78 is 27.0. The van der Waals surface area contributed by atoms with E-state index in [1.807, 2.05) is 12.1 Å². The zero-order valence-electron chi connectivity index (χ0n) is 14.2. The number of halogens is 2. The summed E-state index contributed by atoms with van der Waals surface area (Å²) in [6, 6.07) is 10.7. The minimum absolute atomic E-state index is 0.0327. The molecule has 5 nitrogen and oxygen atoms in total. The highest BCUT2D eigenvalue weighted by Gasteiger charge is 2.07. The third-order valence-electron chi connectivity index (χ3n) is 2.85. The number of anilines is 1. The largest absolute Gasteiger partial charge is 0.418 e. The predicted molar refractivity (Wildman–Crippen MR) is 97.5 cm³/mol. The Morgan fingerprint density at radius 1 is 1.00 bits per heavy atom. The predicted octanol–water partition coefficient (Wildman–Crippen LogP) is 3.97. The van der Waals surface area contributed by atoms with Crippen LogP contribution in [0.2, 0.25) is 0 Å². The van der Waals surface area contributed by atoms with E-state index in [0.717, 1.165) is 11.1 Å². The zero-order chi connectivity index (χ0) is 19.4. The van der Waals surface area contributed by atoms with E-state index < -0.39 is 6.67 Å². The van der Waals surface area contributed by atoms with E-state index in [2.05, 4.69) is 40.2 Å². The lowest BCUT2D eigenvalue weighted by atomic mass is 10.1. The van der Waals surface area contributed by atoms with Gasteiger partial charge in [-0.15, -0.1) is 23.4 Å². The van der Waals surface area contributed by atoms with Crippen molar-refractivity contribution in [3.63, 3.8) is 0 Å². The molecular weight excluding hydrogens is 338 g/mol. The number of nitrogens with two attached hydrogens (primary N) is 1. The van der Waals surface area contributed by atoms with Gasteiger partial charge in [0.15, 0.2) is 6.67 Å². The average molecular weight is 356 g/mol. The van der Waals surface area contributed by atoms with Crippen molar-refractivity contribution < 1.29 is 13.2 Å². The molecule has 0 fully saturated rings. The average Bonchev–Trinajstić information content (AvgIpc) is 3.20. The first-order valence-corrected chi connectivity index (χ1v) is 7.35. The van der Waals surface area contributed by atoms with Crippen molar-refractivity contribution in [2.24, 2.45) is 0 Å². The van der Waals surface area contributed by atoms with Crippen molar-refractivity contribution in [1.29, 1.82) is 0 Å². The number of rotatable bonds is 2. The second-order valence-corrected chi connectivity index (χ2v) is 4.43. The summed E-state index contributed by atoms with van der Waals surface area (Å²) in [5.41, 5.74) is 7.83. The molecule has 0 unspecified atom stereocenters. The molecule has 2 aromatic heterocycles. The molecular formula is C19H18F2N4O. The molecule has 0 atom stereocenters. The Bertz CT molecular complexity index is 850. The topological polar surface area (TPSA) is 77.8 Å². The van der Waals surface area contributed by atoms with Crippen molar-refractivity contribution in [2.45, 2.75) is 6.67 Å². The molecule has 0 saturated heterocycles. The quantitative estimate of drug-likeness (QED) is 0.555. The third kappa shape index (κ3) is 5.83. The maximum absolute atomic E-state index is 12.4. The Morgan fingerprint density at radius 3 is 2.15 bits per heavy atom. The number of hydrogen-bond donors (Lipinski definition) is 1. The van der Waals surface area contributed by atoms with Gasteiger partial charge in [-0.2, -0.15) is 0 Å². The van der Waals surface area contributed by atoms with Crippen molar-refractivity contribution in [3.8, 4) is 23.3 Å². The Hall–Kier alpha value is -3.53. The Balaban J connectivity index is 0.000000791. The second-order valence-electron chi connectivity index (χ2n) is 4.43. The fraction of sp³-hybridized carbons (Fsp3) is 0.105. The SMILES string of the molecule is C=C.CF.Nc1ccc(C#Cc2ccc(-c3nnc(CF)o3)cc2)cn1. The first kappa shape index (κ1) is 20.5. The van der Waals surface area contributed by atoms with Crippen molar-refractivity contribution in [3.05, 3.63) is 72.8 Å². The fourth-order valence-corrected chi connectivity index (χ4v) is 1.74. The lowest BCUT2D eigenvalue weighted by molar-refractivity contribution is 0.385. The van der Waals surface area contributed by atoms with Crippen LogP contribution in [0.25, 0.3) is 11.5 Å². The number of pyridine rings is 1. The van der Waals surface area contributed by atoms with Crippen LogP contribution in [0.1, 0.15) is 17.0 Å². The summed E-state index contributed by atoms with van der Waals surface area (Å²) in [6.45, 7) is 5.23. The van der Waals surface area contributed by atoms with Gasteiger partial charge < -0.3 is 10.2 Å². The highest BCUT2D eigenvalue weighted by molar-refractivity contribution is 5.55. The van der Waals surface area contributed by atoms with Gasteiger partial charge in [0.1, 0.15) is 5.82 Å². The van der Waals surface area contributed by atoms with Crippen LogP contribution in [-0.4, -0.2) is 22.4 Å². The Labute approximate surface area is 150 Å². The van der Waals surface area contributed by atoms with Gasteiger partial charge >= 0.3 is 0 Å². The Morgan fingerprint density at radius 2 is 1.62 bits per heavy atom. The second kappa shape index (κ2) is 11.1. The smallest absolute Gasteiger partial charge is 0.247 e. The zero-order valence-corrected chi connectivity index (χ0v) is 14.2. The van der Waals surface area contributed by atoms with E-state index in [9.17, 15) is 8.78 Å².